The summed E-state index contributed by atoms with van der Waals surface area (Å²) in [6.07, 6.45) is 5.08. The number of ether oxygens (including phenoxy) is 2. The van der Waals surface area contributed by atoms with Crippen molar-refractivity contribution in [2.45, 2.75) is 56.7 Å². The molecular formula is C14H24N2O3. The van der Waals surface area contributed by atoms with Crippen molar-refractivity contribution in [1.29, 1.82) is 0 Å². The lowest BCUT2D eigenvalue weighted by Crippen LogP contribution is -2.52. The molecule has 2 amide bonds. The highest BCUT2D eigenvalue weighted by Gasteiger charge is 2.42. The average molecular weight is 268 g/mol. The molecule has 1 aliphatic carbocycles. The van der Waals surface area contributed by atoms with E-state index in [9.17, 15) is 4.79 Å². The molecule has 2 heterocycles. The monoisotopic (exact) mass is 268 g/mol. The van der Waals surface area contributed by atoms with Crippen molar-refractivity contribution in [2.24, 2.45) is 0 Å². The van der Waals surface area contributed by atoms with Crippen LogP contribution in [0, 0.1) is 0 Å². The molecule has 0 radical (unpaired) electrons. The minimum absolute atomic E-state index is 0.103. The van der Waals surface area contributed by atoms with Gasteiger partial charge in [0.2, 0.25) is 0 Å². The minimum Gasteiger partial charge on any atom is -0.378 e. The molecule has 19 heavy (non-hydrogen) atoms. The number of urea groups is 1. The first kappa shape index (κ1) is 13.2. The van der Waals surface area contributed by atoms with E-state index in [4.69, 9.17) is 9.47 Å². The number of hydrogen-bond acceptors (Lipinski definition) is 3. The van der Waals surface area contributed by atoms with E-state index in [0.29, 0.717) is 12.6 Å². The molecule has 0 bridgehead atoms. The first-order valence-electron chi connectivity index (χ1n) is 7.51. The smallest absolute Gasteiger partial charge is 0.317 e. The summed E-state index contributed by atoms with van der Waals surface area (Å²) in [5.74, 6) is 0. The zero-order chi connectivity index (χ0) is 13.3. The lowest BCUT2D eigenvalue weighted by atomic mass is 9.90. The van der Waals surface area contributed by atoms with Gasteiger partial charge in [0.15, 0.2) is 0 Å². The van der Waals surface area contributed by atoms with Gasteiger partial charge in [-0.1, -0.05) is 0 Å². The Morgan fingerprint density at radius 3 is 2.84 bits per heavy atom. The fourth-order valence-corrected chi connectivity index (χ4v) is 3.23. The van der Waals surface area contributed by atoms with E-state index in [1.807, 2.05) is 11.8 Å². The minimum atomic E-state index is -0.132. The first-order chi connectivity index (χ1) is 9.22. The SMILES string of the molecule is CCN(C(=O)N[C@H]1CCO[C@@]2(CCOC2)C1)C1CC1. The van der Waals surface area contributed by atoms with Crippen LogP contribution in [0.3, 0.4) is 0 Å². The Labute approximate surface area is 114 Å². The van der Waals surface area contributed by atoms with Crippen LogP contribution in [0.25, 0.3) is 0 Å². The lowest BCUT2D eigenvalue weighted by molar-refractivity contribution is -0.0881. The van der Waals surface area contributed by atoms with Gasteiger partial charge in [-0.05, 0) is 32.6 Å². The van der Waals surface area contributed by atoms with Crippen LogP contribution >= 0.6 is 0 Å². The van der Waals surface area contributed by atoms with Gasteiger partial charge < -0.3 is 19.7 Å². The number of nitrogens with zero attached hydrogens (tertiary/aromatic N) is 1. The Hall–Kier alpha value is -0.810. The molecule has 0 aromatic heterocycles. The predicted octanol–water partition coefficient (Wildman–Crippen LogP) is 1.52. The fourth-order valence-electron chi connectivity index (χ4n) is 3.23. The summed E-state index contributed by atoms with van der Waals surface area (Å²) in [5, 5.41) is 3.19. The first-order valence-corrected chi connectivity index (χ1v) is 7.51. The maximum atomic E-state index is 12.3. The van der Waals surface area contributed by atoms with E-state index < -0.39 is 0 Å². The number of carbonyl (C=O) groups excluding carboxylic acids is 1. The highest BCUT2D eigenvalue weighted by molar-refractivity contribution is 5.75. The van der Waals surface area contributed by atoms with E-state index in [2.05, 4.69) is 5.32 Å². The fraction of sp³-hybridized carbons (Fsp3) is 0.929. The van der Waals surface area contributed by atoms with Crippen molar-refractivity contribution in [2.75, 3.05) is 26.4 Å². The molecule has 3 aliphatic rings. The number of hydrogen-bond donors (Lipinski definition) is 1. The quantitative estimate of drug-likeness (QED) is 0.844. The summed E-state index contributed by atoms with van der Waals surface area (Å²) in [6, 6.07) is 0.815. The zero-order valence-electron chi connectivity index (χ0n) is 11.7. The van der Waals surface area contributed by atoms with Crippen LogP contribution in [0.1, 0.15) is 39.0 Å². The molecule has 1 N–H and O–H groups in total. The van der Waals surface area contributed by atoms with E-state index in [0.717, 1.165) is 51.9 Å². The van der Waals surface area contributed by atoms with Crippen LogP contribution in [0.2, 0.25) is 0 Å². The molecule has 2 aliphatic heterocycles. The number of nitrogens with one attached hydrogen (secondary N) is 1. The van der Waals surface area contributed by atoms with Gasteiger partial charge in [0.05, 0.1) is 12.2 Å². The Morgan fingerprint density at radius 1 is 1.37 bits per heavy atom. The van der Waals surface area contributed by atoms with Gasteiger partial charge in [-0.25, -0.2) is 4.79 Å². The van der Waals surface area contributed by atoms with Gasteiger partial charge >= 0.3 is 6.03 Å². The normalized spacial score (nSPS) is 34.5. The third-order valence-corrected chi connectivity index (χ3v) is 4.48. The van der Waals surface area contributed by atoms with E-state index in [1.54, 1.807) is 0 Å². The summed E-state index contributed by atoms with van der Waals surface area (Å²) >= 11 is 0. The number of amides is 2. The Kier molecular flexibility index (Phi) is 3.67. The highest BCUT2D eigenvalue weighted by Crippen LogP contribution is 2.33. The van der Waals surface area contributed by atoms with Crippen LogP contribution in [0.15, 0.2) is 0 Å². The van der Waals surface area contributed by atoms with Gasteiger partial charge in [-0.15, -0.1) is 0 Å². The summed E-state index contributed by atoms with van der Waals surface area (Å²) in [4.78, 5) is 14.2. The Bertz CT molecular complexity index is 338. The van der Waals surface area contributed by atoms with Crippen LogP contribution in [-0.4, -0.2) is 55.0 Å². The lowest BCUT2D eigenvalue weighted by Gasteiger charge is -2.38. The molecule has 3 rings (SSSR count). The molecule has 1 saturated carbocycles. The summed E-state index contributed by atoms with van der Waals surface area (Å²) in [5.41, 5.74) is -0.132. The highest BCUT2D eigenvalue weighted by atomic mass is 16.6. The zero-order valence-corrected chi connectivity index (χ0v) is 11.7. The summed E-state index contributed by atoms with van der Waals surface area (Å²) in [7, 11) is 0. The molecule has 0 aromatic carbocycles. The maximum absolute atomic E-state index is 12.3. The summed E-state index contributed by atoms with van der Waals surface area (Å²) in [6.45, 7) is 5.04. The van der Waals surface area contributed by atoms with Crippen LogP contribution in [0.4, 0.5) is 4.79 Å². The molecule has 1 spiro atoms. The summed E-state index contributed by atoms with van der Waals surface area (Å²) < 4.78 is 11.4. The van der Waals surface area contributed by atoms with Gasteiger partial charge in [-0.3, -0.25) is 0 Å². The predicted molar refractivity (Wildman–Crippen MR) is 71.1 cm³/mol. The van der Waals surface area contributed by atoms with E-state index in [1.165, 1.54) is 0 Å². The van der Waals surface area contributed by atoms with E-state index in [-0.39, 0.29) is 17.7 Å². The van der Waals surface area contributed by atoms with Crippen molar-refractivity contribution in [3.8, 4) is 0 Å². The van der Waals surface area contributed by atoms with Gasteiger partial charge in [-0.2, -0.15) is 0 Å². The molecular weight excluding hydrogens is 244 g/mol. The maximum Gasteiger partial charge on any atom is 0.317 e. The Balaban J connectivity index is 1.55. The second kappa shape index (κ2) is 5.29. The molecule has 2 saturated heterocycles. The van der Waals surface area contributed by atoms with Crippen LogP contribution < -0.4 is 5.32 Å². The second-order valence-electron chi connectivity index (χ2n) is 5.99. The molecule has 5 heteroatoms. The van der Waals surface area contributed by atoms with E-state index >= 15 is 0 Å². The number of rotatable bonds is 3. The number of carbonyl (C=O) groups is 1. The third-order valence-electron chi connectivity index (χ3n) is 4.48. The largest absolute Gasteiger partial charge is 0.378 e. The topological polar surface area (TPSA) is 50.8 Å². The second-order valence-corrected chi connectivity index (χ2v) is 5.99. The standard InChI is InChI=1S/C14H24N2O3/c1-2-16(12-3-4-12)13(17)15-11-5-7-19-14(9-11)6-8-18-10-14/h11-12H,2-10H2,1H3,(H,15,17)/t11-,14-/m0/s1. The molecule has 5 nitrogen and oxygen atoms in total. The third kappa shape index (κ3) is 2.87. The van der Waals surface area contributed by atoms with Gasteiger partial charge in [0.1, 0.15) is 0 Å². The molecule has 2 atom stereocenters. The van der Waals surface area contributed by atoms with Crippen molar-refractivity contribution < 1.29 is 14.3 Å². The van der Waals surface area contributed by atoms with Gasteiger partial charge in [0, 0.05) is 38.3 Å². The average Bonchev–Trinajstić information content (AvgIpc) is 3.13. The molecule has 3 fully saturated rings. The molecule has 0 unspecified atom stereocenters. The van der Waals surface area contributed by atoms with Crippen molar-refractivity contribution in [3.05, 3.63) is 0 Å². The van der Waals surface area contributed by atoms with Gasteiger partial charge in [0.25, 0.3) is 0 Å². The van der Waals surface area contributed by atoms with Crippen molar-refractivity contribution in [3.63, 3.8) is 0 Å². The van der Waals surface area contributed by atoms with Crippen LogP contribution in [-0.2, 0) is 9.47 Å². The molecule has 108 valence electrons. The van der Waals surface area contributed by atoms with Crippen molar-refractivity contribution in [1.82, 2.24) is 10.2 Å². The van der Waals surface area contributed by atoms with Crippen LogP contribution in [0.5, 0.6) is 0 Å². The Morgan fingerprint density at radius 2 is 2.21 bits per heavy atom. The molecule has 0 aromatic rings. The van der Waals surface area contributed by atoms with Crippen molar-refractivity contribution >= 4 is 6.03 Å².